The molecule has 3 aliphatic heterocycles. The van der Waals surface area contributed by atoms with Crippen LogP contribution in [0, 0.1) is 17.9 Å². The van der Waals surface area contributed by atoms with E-state index in [-0.39, 0.29) is 24.5 Å². The number of piperazine rings is 1. The van der Waals surface area contributed by atoms with Crippen LogP contribution >= 0.6 is 23.4 Å². The summed E-state index contributed by atoms with van der Waals surface area (Å²) in [5, 5.41) is 11.9. The Morgan fingerprint density at radius 1 is 1.27 bits per heavy atom. The first-order chi connectivity index (χ1) is 21.4. The molecule has 44 heavy (non-hydrogen) atoms. The second-order valence-corrected chi connectivity index (χ2v) is 13.1. The first-order valence-electron chi connectivity index (χ1n) is 15.1. The molecule has 4 heterocycles. The van der Waals surface area contributed by atoms with Crippen molar-refractivity contribution >= 4 is 45.9 Å². The number of nitrogens with zero attached hydrogens (tertiary/aromatic N) is 6. The number of ether oxygens (including phenoxy) is 1. The monoisotopic (exact) mass is 626 g/mol. The molecular formula is C34H35ClN6O2S. The number of halogens is 1. The SMILES string of the molecule is [C-]#[N+]C[C@H]1CN(c2c(C#N)c(OC[C@@H]3CCCN3C)nc3cc(-c4cccc5c4CCCS5)c(Cl)cc23)CCN1C(=O)C=C. The van der Waals surface area contributed by atoms with Gasteiger partial charge in [0.05, 0.1) is 11.2 Å². The van der Waals surface area contributed by atoms with Gasteiger partial charge in [0, 0.05) is 46.5 Å². The third-order valence-corrected chi connectivity index (χ3v) is 10.5. The van der Waals surface area contributed by atoms with Crippen LogP contribution in [0.25, 0.3) is 26.9 Å². The number of hydrogen-bond acceptors (Lipinski definition) is 7. The molecule has 1 aromatic heterocycles. The Balaban J connectivity index is 1.49. The molecule has 3 aliphatic rings. The molecule has 2 saturated heterocycles. The highest BCUT2D eigenvalue weighted by atomic mass is 35.5. The van der Waals surface area contributed by atoms with E-state index in [9.17, 15) is 10.1 Å². The quantitative estimate of drug-likeness (QED) is 0.233. The maximum Gasteiger partial charge on any atom is 0.246 e. The summed E-state index contributed by atoms with van der Waals surface area (Å²) in [6.45, 7) is 14.1. The number of rotatable bonds is 7. The molecule has 8 nitrogen and oxygen atoms in total. The molecule has 0 unspecified atom stereocenters. The van der Waals surface area contributed by atoms with Crippen molar-refractivity contribution in [1.82, 2.24) is 14.8 Å². The van der Waals surface area contributed by atoms with Crippen LogP contribution in [0.15, 0.2) is 47.9 Å². The van der Waals surface area contributed by atoms with Crippen LogP contribution in [-0.4, -0.2) is 84.9 Å². The third-order valence-electron chi connectivity index (χ3n) is 9.02. The molecule has 2 atom stereocenters. The first kappa shape index (κ1) is 30.3. The van der Waals surface area contributed by atoms with Gasteiger partial charge in [0.2, 0.25) is 18.3 Å². The summed E-state index contributed by atoms with van der Waals surface area (Å²) in [5.41, 5.74) is 5.06. The van der Waals surface area contributed by atoms with Gasteiger partial charge in [-0.25, -0.2) is 11.6 Å². The Morgan fingerprint density at radius 3 is 2.89 bits per heavy atom. The van der Waals surface area contributed by atoms with Crippen LogP contribution in [0.5, 0.6) is 5.88 Å². The third kappa shape index (κ3) is 5.73. The van der Waals surface area contributed by atoms with E-state index >= 15 is 0 Å². The maximum atomic E-state index is 12.6. The molecule has 3 aromatic rings. The topological polar surface area (TPSA) is 77.1 Å². The van der Waals surface area contributed by atoms with Crippen molar-refractivity contribution in [2.24, 2.45) is 0 Å². The second kappa shape index (κ2) is 13.1. The van der Waals surface area contributed by atoms with E-state index in [0.717, 1.165) is 54.5 Å². The number of fused-ring (bicyclic) bond motifs is 2. The second-order valence-electron chi connectivity index (χ2n) is 11.6. The molecule has 6 rings (SSSR count). The number of likely N-dealkylation sites (N-methyl/N-ethyl adjacent to an activating group) is 1. The zero-order valence-electron chi connectivity index (χ0n) is 24.9. The van der Waals surface area contributed by atoms with Crippen LogP contribution < -0.4 is 9.64 Å². The van der Waals surface area contributed by atoms with Gasteiger partial charge < -0.3 is 24.3 Å². The highest BCUT2D eigenvalue weighted by Crippen LogP contribution is 2.43. The number of pyridine rings is 1. The lowest BCUT2D eigenvalue weighted by molar-refractivity contribution is -0.128. The molecule has 0 aliphatic carbocycles. The molecule has 2 aromatic carbocycles. The maximum absolute atomic E-state index is 12.6. The van der Waals surface area contributed by atoms with Gasteiger partial charge in [0.25, 0.3) is 0 Å². The number of carbonyl (C=O) groups excluding carboxylic acids is 1. The van der Waals surface area contributed by atoms with Gasteiger partial charge in [-0.3, -0.25) is 4.79 Å². The van der Waals surface area contributed by atoms with Crippen molar-refractivity contribution in [1.29, 1.82) is 5.26 Å². The fourth-order valence-electron chi connectivity index (χ4n) is 6.72. The lowest BCUT2D eigenvalue weighted by Gasteiger charge is -2.40. The lowest BCUT2D eigenvalue weighted by Crippen LogP contribution is -2.56. The van der Waals surface area contributed by atoms with Crippen LogP contribution in [-0.2, 0) is 11.2 Å². The van der Waals surface area contributed by atoms with Crippen molar-refractivity contribution in [2.75, 3.05) is 57.0 Å². The van der Waals surface area contributed by atoms with Crippen molar-refractivity contribution in [2.45, 2.75) is 42.7 Å². The molecule has 2 fully saturated rings. The van der Waals surface area contributed by atoms with E-state index in [1.807, 2.05) is 23.9 Å². The van der Waals surface area contributed by atoms with Crippen LogP contribution in [0.3, 0.4) is 0 Å². The van der Waals surface area contributed by atoms with Crippen molar-refractivity contribution < 1.29 is 9.53 Å². The van der Waals surface area contributed by atoms with Gasteiger partial charge in [0.1, 0.15) is 24.3 Å². The number of benzene rings is 2. The molecule has 0 saturated carbocycles. The average molecular weight is 627 g/mol. The number of hydrogen-bond donors (Lipinski definition) is 0. The Bertz CT molecular complexity index is 1700. The summed E-state index contributed by atoms with van der Waals surface area (Å²) in [6.07, 6.45) is 5.56. The van der Waals surface area contributed by atoms with E-state index in [1.54, 1.807) is 4.90 Å². The number of amides is 1. The number of thioether (sulfide) groups is 1. The van der Waals surface area contributed by atoms with Crippen molar-refractivity contribution in [3.05, 3.63) is 70.6 Å². The van der Waals surface area contributed by atoms with Gasteiger partial charge in [-0.05, 0) is 80.4 Å². The van der Waals surface area contributed by atoms with Crippen LogP contribution in [0.1, 0.15) is 30.4 Å². The number of likely N-dealkylation sites (tertiary alicyclic amines) is 1. The Labute approximate surface area is 268 Å². The molecule has 0 spiro atoms. The van der Waals surface area contributed by atoms with Gasteiger partial charge in [0.15, 0.2) is 0 Å². The fourth-order valence-corrected chi connectivity index (χ4v) is 8.05. The molecular weight excluding hydrogens is 592 g/mol. The minimum absolute atomic E-state index is 0.153. The number of anilines is 1. The fraction of sp³-hybridized carbons (Fsp3) is 0.412. The van der Waals surface area contributed by atoms with E-state index in [4.69, 9.17) is 27.9 Å². The zero-order chi connectivity index (χ0) is 30.8. The van der Waals surface area contributed by atoms with E-state index in [0.29, 0.717) is 53.9 Å². The smallest absolute Gasteiger partial charge is 0.246 e. The molecule has 0 bridgehead atoms. The first-order valence-corrected chi connectivity index (χ1v) is 16.5. The van der Waals surface area contributed by atoms with Gasteiger partial charge >= 0.3 is 0 Å². The normalized spacial score (nSPS) is 20.2. The molecule has 226 valence electrons. The lowest BCUT2D eigenvalue weighted by atomic mass is 9.94. The molecule has 0 N–H and O–H groups in total. The zero-order valence-corrected chi connectivity index (χ0v) is 26.5. The Kier molecular flexibility index (Phi) is 9.00. The van der Waals surface area contributed by atoms with Gasteiger partial charge in [-0.2, -0.15) is 5.26 Å². The number of nitriles is 1. The molecule has 0 radical (unpaired) electrons. The Hall–Kier alpha value is -3.76. The number of carbonyl (C=O) groups is 1. The highest BCUT2D eigenvalue weighted by molar-refractivity contribution is 7.99. The highest BCUT2D eigenvalue weighted by Gasteiger charge is 2.34. The Morgan fingerprint density at radius 2 is 2.14 bits per heavy atom. The number of aromatic nitrogens is 1. The summed E-state index contributed by atoms with van der Waals surface area (Å²) >= 11 is 8.96. The molecule has 10 heteroatoms. The largest absolute Gasteiger partial charge is 0.475 e. The van der Waals surface area contributed by atoms with Crippen molar-refractivity contribution in [3.63, 3.8) is 0 Å². The van der Waals surface area contributed by atoms with Gasteiger partial charge in [-0.1, -0.05) is 30.3 Å². The standard InChI is InChI=1S/C34H35ClN6O2S/c1-4-32(42)41-14-13-40(20-23(41)19-37-2)33-27-16-29(35)26(24-9-5-11-31-25(24)10-7-15-44-31)17-30(27)38-34(28(33)18-36)43-21-22-8-6-12-39(22)3/h4-5,9,11,16-17,22-23H,1,6-8,10,12-15,19-21H2,3H3/t22-,23-/m0/s1. The minimum Gasteiger partial charge on any atom is -0.475 e. The summed E-state index contributed by atoms with van der Waals surface area (Å²) < 4.78 is 6.37. The van der Waals surface area contributed by atoms with E-state index in [1.165, 1.54) is 16.5 Å². The predicted molar refractivity (Wildman–Crippen MR) is 176 cm³/mol. The average Bonchev–Trinajstić information content (AvgIpc) is 3.46. The van der Waals surface area contributed by atoms with Crippen LogP contribution in [0.2, 0.25) is 5.02 Å². The van der Waals surface area contributed by atoms with E-state index < -0.39 is 0 Å². The summed E-state index contributed by atoms with van der Waals surface area (Å²) in [7, 11) is 2.10. The molecule has 1 amide bonds. The summed E-state index contributed by atoms with van der Waals surface area (Å²) in [6, 6.07) is 12.6. The summed E-state index contributed by atoms with van der Waals surface area (Å²) in [4.78, 5) is 28.6. The van der Waals surface area contributed by atoms with Gasteiger partial charge in [-0.15, -0.1) is 11.8 Å². The van der Waals surface area contributed by atoms with Crippen LogP contribution in [0.4, 0.5) is 5.69 Å². The van der Waals surface area contributed by atoms with Crippen molar-refractivity contribution in [3.8, 4) is 23.1 Å². The van der Waals surface area contributed by atoms with E-state index in [2.05, 4.69) is 52.5 Å². The summed E-state index contributed by atoms with van der Waals surface area (Å²) in [5.74, 6) is 1.22. The minimum atomic E-state index is -0.346. The predicted octanol–water partition coefficient (Wildman–Crippen LogP) is 6.06.